The Labute approximate surface area is 139 Å². The number of rotatable bonds is 3. The lowest BCUT2D eigenvalue weighted by Gasteiger charge is -2.04. The summed E-state index contributed by atoms with van der Waals surface area (Å²) in [6.07, 6.45) is 0. The molecule has 0 bridgehead atoms. The predicted molar refractivity (Wildman–Crippen MR) is 81.5 cm³/mol. The third-order valence-corrected chi connectivity index (χ3v) is 3.31. The smallest absolute Gasteiger partial charge is 0.333 e. The zero-order chi connectivity index (χ0) is 18.1. The highest BCUT2D eigenvalue weighted by Crippen LogP contribution is 2.43. The molecule has 0 saturated heterocycles. The summed E-state index contributed by atoms with van der Waals surface area (Å²) in [6.45, 7) is 0. The van der Waals surface area contributed by atoms with Crippen molar-refractivity contribution in [1.29, 1.82) is 5.26 Å². The summed E-state index contributed by atoms with van der Waals surface area (Å²) >= 11 is 0. The van der Waals surface area contributed by atoms with Crippen LogP contribution < -0.4 is 0 Å². The van der Waals surface area contributed by atoms with E-state index in [0.717, 1.165) is 6.07 Å². The average molecular weight is 340 g/mol. The molecule has 0 amide bonds. The number of nitro groups is 1. The molecule has 1 heterocycles. The quantitative estimate of drug-likeness (QED) is 0.368. The number of nitrogens with zero attached hydrogens (tertiary/aromatic N) is 4. The topological polar surface area (TPSA) is 167 Å². The average Bonchev–Trinajstić information content (AvgIpc) is 3.06. The summed E-state index contributed by atoms with van der Waals surface area (Å²) in [5.41, 5.74) is -1.30. The van der Waals surface area contributed by atoms with Crippen LogP contribution in [-0.4, -0.2) is 30.4 Å². The van der Waals surface area contributed by atoms with Crippen molar-refractivity contribution in [2.24, 2.45) is 0 Å². The van der Waals surface area contributed by atoms with Gasteiger partial charge in [0.1, 0.15) is 17.4 Å². The van der Waals surface area contributed by atoms with Gasteiger partial charge in [0, 0.05) is 5.56 Å². The van der Waals surface area contributed by atoms with Gasteiger partial charge >= 0.3 is 5.69 Å². The summed E-state index contributed by atoms with van der Waals surface area (Å²) in [6, 6.07) is 8.47. The first-order chi connectivity index (χ1) is 11.9. The van der Waals surface area contributed by atoms with Gasteiger partial charge in [-0.3, -0.25) is 10.1 Å². The maximum atomic E-state index is 11.1. The number of phenolic OH excluding ortho intramolecular Hbond substituents is 3. The molecular formula is C15H8N4O6. The van der Waals surface area contributed by atoms with Gasteiger partial charge in [0.25, 0.3) is 5.89 Å². The highest BCUT2D eigenvalue weighted by atomic mass is 16.6. The van der Waals surface area contributed by atoms with Gasteiger partial charge in [-0.2, -0.15) is 10.2 Å². The number of aromatic hydroxyl groups is 3. The van der Waals surface area contributed by atoms with E-state index in [0.29, 0.717) is 5.56 Å². The van der Waals surface area contributed by atoms with Crippen molar-refractivity contribution >= 4 is 5.69 Å². The zero-order valence-electron chi connectivity index (χ0n) is 12.2. The van der Waals surface area contributed by atoms with Gasteiger partial charge in [0.2, 0.25) is 11.6 Å². The number of nitriles is 1. The number of hydrogen-bond donors (Lipinski definition) is 3. The van der Waals surface area contributed by atoms with Crippen LogP contribution in [0.4, 0.5) is 5.69 Å². The van der Waals surface area contributed by atoms with Gasteiger partial charge in [-0.15, -0.1) is 0 Å². The molecule has 3 aromatic rings. The van der Waals surface area contributed by atoms with Gasteiger partial charge in [-0.25, -0.2) is 0 Å². The van der Waals surface area contributed by atoms with E-state index in [4.69, 9.17) is 4.52 Å². The van der Waals surface area contributed by atoms with Crippen molar-refractivity contribution in [3.8, 4) is 46.2 Å². The van der Waals surface area contributed by atoms with E-state index < -0.39 is 27.7 Å². The molecule has 0 saturated carbocycles. The lowest BCUT2D eigenvalue weighted by atomic mass is 10.0. The maximum absolute atomic E-state index is 11.1. The summed E-state index contributed by atoms with van der Waals surface area (Å²) < 4.78 is 5.01. The molecule has 0 aliphatic carbocycles. The maximum Gasteiger partial charge on any atom is 0.333 e. The molecule has 3 rings (SSSR count). The third kappa shape index (κ3) is 2.66. The summed E-state index contributed by atoms with van der Waals surface area (Å²) in [5, 5.41) is 52.8. The van der Waals surface area contributed by atoms with E-state index >= 15 is 0 Å². The van der Waals surface area contributed by atoms with Crippen LogP contribution in [0.25, 0.3) is 22.8 Å². The molecule has 0 atom stereocenters. The van der Waals surface area contributed by atoms with Gasteiger partial charge < -0.3 is 19.8 Å². The first kappa shape index (κ1) is 15.8. The van der Waals surface area contributed by atoms with Crippen molar-refractivity contribution in [3.05, 3.63) is 46.0 Å². The summed E-state index contributed by atoms with van der Waals surface area (Å²) in [5.74, 6) is -2.08. The van der Waals surface area contributed by atoms with Gasteiger partial charge in [0.15, 0.2) is 5.75 Å². The lowest BCUT2D eigenvalue weighted by molar-refractivity contribution is -0.386. The molecule has 0 unspecified atom stereocenters. The molecule has 10 heteroatoms. The Bertz CT molecular complexity index is 1040. The largest absolute Gasteiger partial charge is 0.508 e. The standard InChI is InChI=1S/C15H8N4O6/c16-6-10-9(5-11(21)13(22)12(10)19(23)24)15-17-14(18-25-15)7-2-1-3-8(20)4-7/h1-5,20-22H. The van der Waals surface area contributed by atoms with Crippen LogP contribution in [0.5, 0.6) is 17.2 Å². The van der Waals surface area contributed by atoms with Crippen LogP contribution in [0, 0.1) is 21.4 Å². The first-order valence-electron chi connectivity index (χ1n) is 6.69. The van der Waals surface area contributed by atoms with E-state index in [-0.39, 0.29) is 23.0 Å². The highest BCUT2D eigenvalue weighted by molar-refractivity contribution is 5.78. The highest BCUT2D eigenvalue weighted by Gasteiger charge is 2.30. The van der Waals surface area contributed by atoms with Crippen LogP contribution in [-0.2, 0) is 0 Å². The minimum Gasteiger partial charge on any atom is -0.508 e. The van der Waals surface area contributed by atoms with Crippen molar-refractivity contribution in [2.75, 3.05) is 0 Å². The Kier molecular flexibility index (Phi) is 3.67. The van der Waals surface area contributed by atoms with Crippen molar-refractivity contribution < 1.29 is 24.8 Å². The Morgan fingerprint density at radius 1 is 1.24 bits per heavy atom. The number of benzene rings is 2. The van der Waals surface area contributed by atoms with E-state index in [1.165, 1.54) is 12.1 Å². The van der Waals surface area contributed by atoms with Crippen molar-refractivity contribution in [2.45, 2.75) is 0 Å². The molecule has 1 aromatic heterocycles. The van der Waals surface area contributed by atoms with E-state index in [9.17, 15) is 30.7 Å². The number of hydrogen-bond acceptors (Lipinski definition) is 9. The Hall–Kier alpha value is -4.13. The molecule has 0 radical (unpaired) electrons. The molecule has 0 aliphatic heterocycles. The lowest BCUT2D eigenvalue weighted by Crippen LogP contribution is -1.96. The first-order valence-corrected chi connectivity index (χ1v) is 6.69. The molecule has 25 heavy (non-hydrogen) atoms. The number of nitro benzene ring substituents is 1. The second kappa shape index (κ2) is 5.82. The molecule has 0 fully saturated rings. The number of aromatic nitrogens is 2. The molecule has 3 N–H and O–H groups in total. The van der Waals surface area contributed by atoms with E-state index in [1.54, 1.807) is 18.2 Å². The Balaban J connectivity index is 2.18. The summed E-state index contributed by atoms with van der Waals surface area (Å²) in [4.78, 5) is 14.1. The SMILES string of the molecule is N#Cc1c(-c2nc(-c3cccc(O)c3)no2)cc(O)c(O)c1[N+](=O)[O-]. The van der Waals surface area contributed by atoms with E-state index in [2.05, 4.69) is 10.1 Å². The van der Waals surface area contributed by atoms with Gasteiger partial charge in [-0.1, -0.05) is 17.3 Å². The zero-order valence-corrected chi connectivity index (χ0v) is 12.2. The normalized spacial score (nSPS) is 10.4. The molecule has 0 spiro atoms. The second-order valence-electron chi connectivity index (χ2n) is 4.86. The Morgan fingerprint density at radius 2 is 2.00 bits per heavy atom. The van der Waals surface area contributed by atoms with Crippen LogP contribution in [0.3, 0.4) is 0 Å². The third-order valence-electron chi connectivity index (χ3n) is 3.31. The number of phenols is 3. The fourth-order valence-electron chi connectivity index (χ4n) is 2.20. The molecule has 0 aliphatic rings. The monoisotopic (exact) mass is 340 g/mol. The fourth-order valence-corrected chi connectivity index (χ4v) is 2.20. The second-order valence-corrected chi connectivity index (χ2v) is 4.86. The van der Waals surface area contributed by atoms with Crippen LogP contribution >= 0.6 is 0 Å². The fraction of sp³-hybridized carbons (Fsp3) is 0. The van der Waals surface area contributed by atoms with Gasteiger partial charge in [-0.05, 0) is 18.2 Å². The van der Waals surface area contributed by atoms with E-state index in [1.807, 2.05) is 0 Å². The molecule has 124 valence electrons. The minimum atomic E-state index is -1.03. The molecule has 10 nitrogen and oxygen atoms in total. The summed E-state index contributed by atoms with van der Waals surface area (Å²) in [7, 11) is 0. The van der Waals surface area contributed by atoms with Gasteiger partial charge in [0.05, 0.1) is 10.5 Å². The van der Waals surface area contributed by atoms with Crippen molar-refractivity contribution in [3.63, 3.8) is 0 Å². The molecule has 2 aromatic carbocycles. The predicted octanol–water partition coefficient (Wildman–Crippen LogP) is 2.30. The van der Waals surface area contributed by atoms with Crippen molar-refractivity contribution in [1.82, 2.24) is 10.1 Å². The minimum absolute atomic E-state index is 0.0283. The van der Waals surface area contributed by atoms with Crippen LogP contribution in [0.1, 0.15) is 5.56 Å². The van der Waals surface area contributed by atoms with Crippen LogP contribution in [0.15, 0.2) is 34.9 Å². The van der Waals surface area contributed by atoms with Crippen LogP contribution in [0.2, 0.25) is 0 Å². The Morgan fingerprint density at radius 3 is 2.64 bits per heavy atom. The molecular weight excluding hydrogens is 332 g/mol.